The van der Waals surface area contributed by atoms with E-state index in [1.54, 1.807) is 12.5 Å². The number of pyridine rings is 1. The van der Waals surface area contributed by atoms with Gasteiger partial charge in [0, 0.05) is 44.1 Å². The first kappa shape index (κ1) is 24.5. The first-order chi connectivity index (χ1) is 12.3. The second kappa shape index (κ2) is 11.5. The Bertz CT molecular complexity index is 810. The van der Waals surface area contributed by atoms with Gasteiger partial charge in [0.15, 0.2) is 0 Å². The molecule has 3 aromatic rings. The van der Waals surface area contributed by atoms with E-state index in [4.69, 9.17) is 8.83 Å². The van der Waals surface area contributed by atoms with Crippen molar-refractivity contribution >= 4 is 37.2 Å². The summed E-state index contributed by atoms with van der Waals surface area (Å²) in [6.07, 6.45) is 10.4. The van der Waals surface area contributed by atoms with Crippen molar-refractivity contribution in [1.29, 1.82) is 0 Å². The number of hydrogen-bond acceptors (Lipinski definition) is 5. The smallest absolute Gasteiger partial charge is 0.117 e. The fraction of sp³-hybridized carbons (Fsp3) is 0.350. The summed E-state index contributed by atoms with van der Waals surface area (Å²) in [5, 5.41) is 0. The van der Waals surface area contributed by atoms with Crippen LogP contribution in [0.15, 0.2) is 58.2 Å². The number of furan rings is 2. The van der Waals surface area contributed by atoms with Crippen molar-refractivity contribution in [2.45, 2.75) is 32.6 Å². The van der Waals surface area contributed by atoms with Gasteiger partial charge in [-0.15, -0.1) is 37.2 Å². The average molecular weight is 447 g/mol. The van der Waals surface area contributed by atoms with Gasteiger partial charge in [0.2, 0.25) is 0 Å². The summed E-state index contributed by atoms with van der Waals surface area (Å²) in [4.78, 5) is 9.21. The van der Waals surface area contributed by atoms with Crippen molar-refractivity contribution in [2.75, 3.05) is 13.6 Å². The summed E-state index contributed by atoms with van der Waals surface area (Å²) in [7, 11) is 2.12. The fourth-order valence-electron chi connectivity index (χ4n) is 3.55. The molecule has 0 fully saturated rings. The minimum atomic E-state index is 0. The number of rotatable bonds is 6. The second-order valence-corrected chi connectivity index (χ2v) is 6.78. The molecule has 5 nitrogen and oxygen atoms in total. The van der Waals surface area contributed by atoms with E-state index in [9.17, 15) is 0 Å². The Morgan fingerprint density at radius 3 is 2.68 bits per heavy atom. The molecule has 3 aromatic heterocycles. The third kappa shape index (κ3) is 6.00. The van der Waals surface area contributed by atoms with Gasteiger partial charge in [-0.2, -0.15) is 0 Å². The Kier molecular flexibility index (Phi) is 10.1. The molecule has 0 saturated carbocycles. The first-order valence-corrected chi connectivity index (χ1v) is 8.67. The number of aromatic nitrogens is 1. The SMILES string of the molecule is CN(Cc1ccco1)Cc1cncc2c1CCN(Cc1ccoc1)C2.Cl.Cl.Cl. The molecular formula is C20H26Cl3N3O2. The zero-order chi connectivity index (χ0) is 17.1. The summed E-state index contributed by atoms with van der Waals surface area (Å²) >= 11 is 0. The minimum Gasteiger partial charge on any atom is -0.472 e. The minimum absolute atomic E-state index is 0. The molecule has 154 valence electrons. The van der Waals surface area contributed by atoms with Crippen LogP contribution in [-0.2, 0) is 32.6 Å². The lowest BCUT2D eigenvalue weighted by Gasteiger charge is -2.30. The van der Waals surface area contributed by atoms with Gasteiger partial charge in [0.1, 0.15) is 5.76 Å². The van der Waals surface area contributed by atoms with Crippen LogP contribution >= 0.6 is 37.2 Å². The number of nitrogens with zero attached hydrogens (tertiary/aromatic N) is 3. The number of halogens is 3. The third-order valence-corrected chi connectivity index (χ3v) is 4.74. The van der Waals surface area contributed by atoms with Gasteiger partial charge in [0.05, 0.1) is 25.3 Å². The lowest BCUT2D eigenvalue weighted by molar-refractivity contribution is 0.241. The predicted molar refractivity (Wildman–Crippen MR) is 116 cm³/mol. The normalized spacial score (nSPS) is 13.2. The highest BCUT2D eigenvalue weighted by atomic mass is 35.5. The summed E-state index contributed by atoms with van der Waals surface area (Å²) in [6.45, 7) is 4.64. The molecule has 0 aliphatic carbocycles. The third-order valence-electron chi connectivity index (χ3n) is 4.74. The predicted octanol–water partition coefficient (Wildman–Crippen LogP) is 4.72. The van der Waals surface area contributed by atoms with Crippen LogP contribution in [0.5, 0.6) is 0 Å². The summed E-state index contributed by atoms with van der Waals surface area (Å²) in [6, 6.07) is 5.99. The molecule has 0 aromatic carbocycles. The molecule has 0 saturated heterocycles. The topological polar surface area (TPSA) is 45.7 Å². The van der Waals surface area contributed by atoms with Crippen molar-refractivity contribution in [2.24, 2.45) is 0 Å². The zero-order valence-electron chi connectivity index (χ0n) is 15.7. The monoisotopic (exact) mass is 445 g/mol. The van der Waals surface area contributed by atoms with E-state index in [1.807, 2.05) is 36.9 Å². The Hall–Kier alpha value is -1.50. The first-order valence-electron chi connectivity index (χ1n) is 8.67. The van der Waals surface area contributed by atoms with E-state index < -0.39 is 0 Å². The molecule has 0 N–H and O–H groups in total. The second-order valence-electron chi connectivity index (χ2n) is 6.78. The molecule has 4 heterocycles. The largest absolute Gasteiger partial charge is 0.472 e. The molecule has 1 aliphatic heterocycles. The summed E-state index contributed by atoms with van der Waals surface area (Å²) in [5.41, 5.74) is 5.36. The van der Waals surface area contributed by atoms with Crippen molar-refractivity contribution in [3.8, 4) is 0 Å². The van der Waals surface area contributed by atoms with Gasteiger partial charge in [-0.25, -0.2) is 0 Å². The lowest BCUT2D eigenvalue weighted by Crippen LogP contribution is -2.31. The van der Waals surface area contributed by atoms with Crippen LogP contribution in [0.1, 0.15) is 28.0 Å². The van der Waals surface area contributed by atoms with E-state index >= 15 is 0 Å². The van der Waals surface area contributed by atoms with Crippen molar-refractivity contribution in [3.63, 3.8) is 0 Å². The van der Waals surface area contributed by atoms with Crippen LogP contribution in [0.3, 0.4) is 0 Å². The van der Waals surface area contributed by atoms with Gasteiger partial charge in [-0.1, -0.05) is 0 Å². The van der Waals surface area contributed by atoms with Crippen molar-refractivity contribution in [3.05, 3.63) is 77.4 Å². The molecule has 0 atom stereocenters. The van der Waals surface area contributed by atoms with E-state index in [1.165, 1.54) is 22.3 Å². The highest BCUT2D eigenvalue weighted by Gasteiger charge is 2.20. The van der Waals surface area contributed by atoms with Crippen LogP contribution in [0.2, 0.25) is 0 Å². The summed E-state index contributed by atoms with van der Waals surface area (Å²) in [5.74, 6) is 0.992. The molecular weight excluding hydrogens is 421 g/mol. The Morgan fingerprint density at radius 1 is 1.11 bits per heavy atom. The molecule has 0 spiro atoms. The molecule has 0 unspecified atom stereocenters. The van der Waals surface area contributed by atoms with Crippen LogP contribution in [0, 0.1) is 0 Å². The van der Waals surface area contributed by atoms with Crippen LogP contribution in [-0.4, -0.2) is 28.4 Å². The van der Waals surface area contributed by atoms with E-state index in [2.05, 4.69) is 21.8 Å². The zero-order valence-corrected chi connectivity index (χ0v) is 18.2. The Morgan fingerprint density at radius 2 is 1.96 bits per heavy atom. The molecule has 0 bridgehead atoms. The van der Waals surface area contributed by atoms with Gasteiger partial charge in [-0.3, -0.25) is 14.8 Å². The van der Waals surface area contributed by atoms with E-state index in [0.29, 0.717) is 0 Å². The van der Waals surface area contributed by atoms with Gasteiger partial charge in [-0.05, 0) is 48.4 Å². The quantitative estimate of drug-likeness (QED) is 0.548. The Balaban J connectivity index is 0.00000131. The average Bonchev–Trinajstić information content (AvgIpc) is 3.29. The van der Waals surface area contributed by atoms with Crippen LogP contribution < -0.4 is 0 Å². The van der Waals surface area contributed by atoms with Crippen molar-refractivity contribution < 1.29 is 8.83 Å². The van der Waals surface area contributed by atoms with Gasteiger partial charge < -0.3 is 8.83 Å². The maximum absolute atomic E-state index is 5.45. The number of fused-ring (bicyclic) bond motifs is 1. The molecule has 1 aliphatic rings. The molecule has 28 heavy (non-hydrogen) atoms. The Labute approximate surface area is 184 Å². The standard InChI is InChI=1S/C20H23N3O2.3ClH/c1-22(14-19-3-2-7-25-19)12-17-9-21-10-18-13-23(6-4-20(17)18)11-16-5-8-24-15-16;;;/h2-3,5,7-10,15H,4,6,11-14H2,1H3;3*1H. The van der Waals surface area contributed by atoms with Crippen LogP contribution in [0.4, 0.5) is 0 Å². The van der Waals surface area contributed by atoms with Gasteiger partial charge >= 0.3 is 0 Å². The maximum Gasteiger partial charge on any atom is 0.117 e. The van der Waals surface area contributed by atoms with Gasteiger partial charge in [0.25, 0.3) is 0 Å². The summed E-state index contributed by atoms with van der Waals surface area (Å²) < 4.78 is 10.6. The van der Waals surface area contributed by atoms with Crippen LogP contribution in [0.25, 0.3) is 0 Å². The molecule has 4 rings (SSSR count). The molecule has 0 radical (unpaired) electrons. The van der Waals surface area contributed by atoms with E-state index in [-0.39, 0.29) is 37.2 Å². The fourth-order valence-corrected chi connectivity index (χ4v) is 3.55. The molecule has 0 amide bonds. The molecule has 8 heteroatoms. The van der Waals surface area contributed by atoms with E-state index in [0.717, 1.165) is 44.9 Å². The maximum atomic E-state index is 5.45. The lowest BCUT2D eigenvalue weighted by atomic mass is 9.96. The number of hydrogen-bond donors (Lipinski definition) is 0. The highest BCUT2D eigenvalue weighted by Crippen LogP contribution is 2.24. The van der Waals surface area contributed by atoms with Crippen molar-refractivity contribution in [1.82, 2.24) is 14.8 Å². The highest BCUT2D eigenvalue weighted by molar-refractivity contribution is 5.86.